The lowest BCUT2D eigenvalue weighted by Gasteiger charge is -2.32. The summed E-state index contributed by atoms with van der Waals surface area (Å²) < 4.78 is 24.3. The Balaban J connectivity index is 1.15. The van der Waals surface area contributed by atoms with Crippen molar-refractivity contribution in [2.24, 2.45) is 0 Å². The number of ether oxygens (including phenoxy) is 2. The Morgan fingerprint density at radius 3 is 2.53 bits per heavy atom. The minimum absolute atomic E-state index is 0.0178. The second kappa shape index (κ2) is 9.30. The minimum Gasteiger partial charge on any atom is -0.486 e. The molecule has 7 heteroatoms. The van der Waals surface area contributed by atoms with Gasteiger partial charge >= 0.3 is 0 Å². The number of piperidine rings is 1. The molecule has 1 aromatic heterocycles. The molecule has 2 aliphatic rings. The smallest absolute Gasteiger partial charge is 0.261 e. The zero-order chi connectivity index (χ0) is 21.9. The highest BCUT2D eigenvalue weighted by Crippen LogP contribution is 2.37. The van der Waals surface area contributed by atoms with E-state index in [9.17, 15) is 9.18 Å². The summed E-state index contributed by atoms with van der Waals surface area (Å²) in [7, 11) is 0. The van der Waals surface area contributed by atoms with Crippen LogP contribution in [-0.4, -0.2) is 43.2 Å². The molecule has 0 unspecified atom stereocenters. The van der Waals surface area contributed by atoms with Crippen LogP contribution in [0.2, 0.25) is 0 Å². The molecule has 166 valence electrons. The van der Waals surface area contributed by atoms with Gasteiger partial charge in [-0.05, 0) is 66.4 Å². The van der Waals surface area contributed by atoms with Crippen LogP contribution in [0.1, 0.15) is 28.1 Å². The third kappa shape index (κ3) is 4.79. The van der Waals surface area contributed by atoms with Gasteiger partial charge in [0, 0.05) is 30.6 Å². The maximum atomic E-state index is 13.1. The molecule has 0 bridgehead atoms. The molecule has 1 fully saturated rings. The van der Waals surface area contributed by atoms with Crippen molar-refractivity contribution >= 4 is 17.2 Å². The maximum Gasteiger partial charge on any atom is 0.261 e. The summed E-state index contributed by atoms with van der Waals surface area (Å²) in [6, 6.07) is 16.6. The number of rotatable bonds is 5. The first kappa shape index (κ1) is 21.0. The molecular weight excluding hydrogens is 427 g/mol. The maximum absolute atomic E-state index is 13.1. The zero-order valence-electron chi connectivity index (χ0n) is 17.7. The van der Waals surface area contributed by atoms with Crippen LogP contribution in [0.3, 0.4) is 0 Å². The van der Waals surface area contributed by atoms with Crippen molar-refractivity contribution in [3.8, 4) is 21.9 Å². The van der Waals surface area contributed by atoms with Gasteiger partial charge in [0.15, 0.2) is 11.5 Å². The first-order chi connectivity index (χ1) is 15.6. The molecule has 3 aromatic rings. The van der Waals surface area contributed by atoms with Crippen molar-refractivity contribution < 1.29 is 18.7 Å². The van der Waals surface area contributed by atoms with E-state index in [1.54, 1.807) is 0 Å². The molecule has 5 nitrogen and oxygen atoms in total. The number of carbonyl (C=O) groups is 1. The van der Waals surface area contributed by atoms with Crippen LogP contribution in [0.4, 0.5) is 4.39 Å². The Morgan fingerprint density at radius 1 is 1.00 bits per heavy atom. The largest absolute Gasteiger partial charge is 0.486 e. The number of amides is 1. The Labute approximate surface area is 190 Å². The Bertz CT molecular complexity index is 1090. The summed E-state index contributed by atoms with van der Waals surface area (Å²) in [4.78, 5) is 16.9. The number of benzene rings is 2. The fraction of sp³-hybridized carbons (Fsp3) is 0.320. The third-order valence-electron chi connectivity index (χ3n) is 5.90. The Morgan fingerprint density at radius 2 is 1.75 bits per heavy atom. The van der Waals surface area contributed by atoms with Gasteiger partial charge < -0.3 is 14.8 Å². The van der Waals surface area contributed by atoms with Gasteiger partial charge in [0.1, 0.15) is 19.0 Å². The van der Waals surface area contributed by atoms with E-state index in [1.807, 2.05) is 42.5 Å². The van der Waals surface area contributed by atoms with Gasteiger partial charge in [-0.1, -0.05) is 12.1 Å². The first-order valence-corrected chi connectivity index (χ1v) is 11.7. The number of hydrogen-bond acceptors (Lipinski definition) is 5. The fourth-order valence-corrected chi connectivity index (χ4v) is 5.06. The van der Waals surface area contributed by atoms with Gasteiger partial charge in [0.05, 0.1) is 4.88 Å². The summed E-state index contributed by atoms with van der Waals surface area (Å²) >= 11 is 1.49. The summed E-state index contributed by atoms with van der Waals surface area (Å²) in [6.45, 7) is 3.76. The predicted octanol–water partition coefficient (Wildman–Crippen LogP) is 4.72. The average Bonchev–Trinajstić information content (AvgIpc) is 3.32. The average molecular weight is 453 g/mol. The second-order valence-corrected chi connectivity index (χ2v) is 9.26. The molecule has 0 spiro atoms. The zero-order valence-corrected chi connectivity index (χ0v) is 18.5. The standard InChI is InChI=1S/C25H25FN2O3S/c26-19-4-1-17(2-5-19)16-28-11-9-20(10-12-28)27-25(29)24-8-7-23(32-24)18-3-6-21-22(15-18)31-14-13-30-21/h1-8,15,20H,9-14,16H2,(H,27,29). The topological polar surface area (TPSA) is 50.8 Å². The molecule has 0 aliphatic carbocycles. The molecule has 0 radical (unpaired) electrons. The highest BCUT2D eigenvalue weighted by molar-refractivity contribution is 7.17. The van der Waals surface area contributed by atoms with Crippen molar-refractivity contribution in [1.82, 2.24) is 10.2 Å². The molecule has 5 rings (SSSR count). The van der Waals surface area contributed by atoms with E-state index in [2.05, 4.69) is 10.2 Å². The van der Waals surface area contributed by atoms with E-state index < -0.39 is 0 Å². The summed E-state index contributed by atoms with van der Waals surface area (Å²) in [5, 5.41) is 3.19. The normalized spacial score (nSPS) is 16.7. The van der Waals surface area contributed by atoms with Crippen LogP contribution in [0, 0.1) is 5.82 Å². The van der Waals surface area contributed by atoms with Gasteiger partial charge in [-0.15, -0.1) is 11.3 Å². The number of likely N-dealkylation sites (tertiary alicyclic amines) is 1. The lowest BCUT2D eigenvalue weighted by atomic mass is 10.0. The van der Waals surface area contributed by atoms with Crippen molar-refractivity contribution in [2.45, 2.75) is 25.4 Å². The van der Waals surface area contributed by atoms with Gasteiger partial charge in [0.2, 0.25) is 0 Å². The quantitative estimate of drug-likeness (QED) is 0.609. The van der Waals surface area contributed by atoms with E-state index in [4.69, 9.17) is 9.47 Å². The molecule has 2 aromatic carbocycles. The Kier molecular flexibility index (Phi) is 6.10. The van der Waals surface area contributed by atoms with Gasteiger partial charge in [0.25, 0.3) is 5.91 Å². The van der Waals surface area contributed by atoms with E-state index in [0.717, 1.165) is 60.0 Å². The molecule has 1 N–H and O–H groups in total. The molecular formula is C25H25FN2O3S. The number of hydrogen-bond donors (Lipinski definition) is 1. The van der Waals surface area contributed by atoms with Crippen molar-refractivity contribution in [1.29, 1.82) is 0 Å². The summed E-state index contributed by atoms with van der Waals surface area (Å²) in [5.41, 5.74) is 2.13. The SMILES string of the molecule is O=C(NC1CCN(Cc2ccc(F)cc2)CC1)c1ccc(-c2ccc3c(c2)OCCO3)s1. The van der Waals surface area contributed by atoms with Gasteiger partial charge in [-0.3, -0.25) is 9.69 Å². The Hall–Kier alpha value is -2.90. The van der Waals surface area contributed by atoms with Crippen molar-refractivity contribution in [3.63, 3.8) is 0 Å². The second-order valence-electron chi connectivity index (χ2n) is 8.17. The molecule has 2 aliphatic heterocycles. The number of nitrogens with zero attached hydrogens (tertiary/aromatic N) is 1. The summed E-state index contributed by atoms with van der Waals surface area (Å²) in [5.74, 6) is 1.29. The molecule has 3 heterocycles. The molecule has 1 saturated heterocycles. The van der Waals surface area contributed by atoms with Crippen LogP contribution in [0.5, 0.6) is 11.5 Å². The van der Waals surface area contributed by atoms with Crippen molar-refractivity contribution in [2.75, 3.05) is 26.3 Å². The molecule has 0 saturated carbocycles. The molecule has 0 atom stereocenters. The van der Waals surface area contributed by atoms with Gasteiger partial charge in [-0.2, -0.15) is 0 Å². The van der Waals surface area contributed by atoms with Crippen LogP contribution >= 0.6 is 11.3 Å². The number of thiophene rings is 1. The predicted molar refractivity (Wildman–Crippen MR) is 123 cm³/mol. The number of carbonyl (C=O) groups excluding carboxylic acids is 1. The van der Waals surface area contributed by atoms with E-state index in [-0.39, 0.29) is 17.8 Å². The lowest BCUT2D eigenvalue weighted by Crippen LogP contribution is -2.44. The third-order valence-corrected chi connectivity index (χ3v) is 7.03. The number of halogens is 1. The highest BCUT2D eigenvalue weighted by atomic mass is 32.1. The van der Waals surface area contributed by atoms with E-state index in [0.29, 0.717) is 18.1 Å². The highest BCUT2D eigenvalue weighted by Gasteiger charge is 2.22. The minimum atomic E-state index is -0.208. The fourth-order valence-electron chi connectivity index (χ4n) is 4.15. The van der Waals surface area contributed by atoms with Crippen LogP contribution in [-0.2, 0) is 6.54 Å². The van der Waals surface area contributed by atoms with Crippen LogP contribution in [0.25, 0.3) is 10.4 Å². The first-order valence-electron chi connectivity index (χ1n) is 10.9. The number of nitrogens with one attached hydrogen (secondary N) is 1. The monoisotopic (exact) mass is 452 g/mol. The van der Waals surface area contributed by atoms with Gasteiger partial charge in [-0.25, -0.2) is 4.39 Å². The lowest BCUT2D eigenvalue weighted by molar-refractivity contribution is 0.0913. The number of fused-ring (bicyclic) bond motifs is 1. The van der Waals surface area contributed by atoms with E-state index >= 15 is 0 Å². The van der Waals surface area contributed by atoms with Crippen LogP contribution < -0.4 is 14.8 Å². The molecule has 1 amide bonds. The summed E-state index contributed by atoms with van der Waals surface area (Å²) in [6.07, 6.45) is 1.82. The van der Waals surface area contributed by atoms with Crippen LogP contribution in [0.15, 0.2) is 54.6 Å². The van der Waals surface area contributed by atoms with Crippen molar-refractivity contribution in [3.05, 3.63) is 70.9 Å². The van der Waals surface area contributed by atoms with E-state index in [1.165, 1.54) is 23.5 Å². The molecule has 32 heavy (non-hydrogen) atoms.